The number of ether oxygens (including phenoxy) is 1. The Morgan fingerprint density at radius 2 is 2.08 bits per heavy atom. The first-order valence-electron chi connectivity index (χ1n) is 4.60. The van der Waals surface area contributed by atoms with Crippen molar-refractivity contribution in [1.29, 1.82) is 0 Å². The molecule has 2 heteroatoms. The van der Waals surface area contributed by atoms with Gasteiger partial charge >= 0.3 is 0 Å². The van der Waals surface area contributed by atoms with Crippen molar-refractivity contribution >= 4 is 0 Å². The second kappa shape index (κ2) is 4.17. The van der Waals surface area contributed by atoms with E-state index in [2.05, 4.69) is 0 Å². The molecule has 2 nitrogen and oxygen atoms in total. The molecule has 1 aromatic rings. The van der Waals surface area contributed by atoms with Gasteiger partial charge in [-0.25, -0.2) is 0 Å². The second-order valence-electron chi connectivity index (χ2n) is 3.31. The molecule has 0 aliphatic carbocycles. The summed E-state index contributed by atoms with van der Waals surface area (Å²) in [5.41, 5.74) is 0.936. The van der Waals surface area contributed by atoms with Crippen LogP contribution in [0.25, 0.3) is 0 Å². The molecule has 1 aromatic carbocycles. The summed E-state index contributed by atoms with van der Waals surface area (Å²) >= 11 is 0. The largest absolute Gasteiger partial charge is 0.508 e. The highest BCUT2D eigenvalue weighted by molar-refractivity contribution is 5.40. The average Bonchev–Trinajstić information content (AvgIpc) is 2.08. The van der Waals surface area contributed by atoms with Crippen LogP contribution in [0, 0.1) is 0 Å². The van der Waals surface area contributed by atoms with E-state index in [1.54, 1.807) is 12.1 Å². The molecule has 0 heterocycles. The molecule has 72 valence electrons. The van der Waals surface area contributed by atoms with Crippen molar-refractivity contribution in [2.45, 2.75) is 26.7 Å². The van der Waals surface area contributed by atoms with E-state index in [9.17, 15) is 5.11 Å². The number of aromatic hydroxyl groups is 1. The lowest BCUT2D eigenvalue weighted by atomic mass is 10.0. The molecule has 0 aromatic heterocycles. The predicted molar refractivity (Wildman–Crippen MR) is 53.4 cm³/mol. The highest BCUT2D eigenvalue weighted by Crippen LogP contribution is 2.29. The summed E-state index contributed by atoms with van der Waals surface area (Å²) in [6, 6.07) is 5.36. The van der Waals surface area contributed by atoms with Crippen LogP contribution >= 0.6 is 0 Å². The lowest BCUT2D eigenvalue weighted by Gasteiger charge is -2.10. The van der Waals surface area contributed by atoms with E-state index in [4.69, 9.17) is 4.74 Å². The third kappa shape index (κ3) is 2.38. The van der Waals surface area contributed by atoms with Crippen LogP contribution in [-0.2, 0) is 0 Å². The summed E-state index contributed by atoms with van der Waals surface area (Å²) in [5.74, 6) is 1.49. The van der Waals surface area contributed by atoms with E-state index in [1.807, 2.05) is 26.8 Å². The Hall–Kier alpha value is -1.18. The van der Waals surface area contributed by atoms with Crippen LogP contribution < -0.4 is 4.74 Å². The molecule has 0 aliphatic rings. The zero-order valence-corrected chi connectivity index (χ0v) is 8.37. The fourth-order valence-electron chi connectivity index (χ4n) is 1.25. The van der Waals surface area contributed by atoms with Gasteiger partial charge in [-0.2, -0.15) is 0 Å². The monoisotopic (exact) mass is 180 g/mol. The Morgan fingerprint density at radius 1 is 1.38 bits per heavy atom. The molecule has 1 rings (SSSR count). The number of hydrogen-bond donors (Lipinski definition) is 1. The van der Waals surface area contributed by atoms with Gasteiger partial charge in [-0.3, -0.25) is 0 Å². The number of phenolic OH excluding ortho intramolecular Hbond substituents is 1. The molecule has 0 radical (unpaired) electrons. The maximum absolute atomic E-state index is 9.52. The Bertz CT molecular complexity index is 279. The van der Waals surface area contributed by atoms with Crippen LogP contribution in [0.5, 0.6) is 11.5 Å². The first kappa shape index (κ1) is 9.90. The smallest absolute Gasteiger partial charge is 0.119 e. The molecule has 13 heavy (non-hydrogen) atoms. The summed E-state index contributed by atoms with van der Waals surface area (Å²) in [7, 11) is 0. The van der Waals surface area contributed by atoms with Gasteiger partial charge in [0.25, 0.3) is 0 Å². The number of hydrogen-bond acceptors (Lipinski definition) is 2. The molecule has 0 aliphatic heterocycles. The van der Waals surface area contributed by atoms with Crippen molar-refractivity contribution < 1.29 is 9.84 Å². The number of rotatable bonds is 3. The van der Waals surface area contributed by atoms with Crippen LogP contribution in [0.4, 0.5) is 0 Å². The van der Waals surface area contributed by atoms with Gasteiger partial charge in [0.05, 0.1) is 6.61 Å². The van der Waals surface area contributed by atoms with E-state index < -0.39 is 0 Å². The van der Waals surface area contributed by atoms with Crippen molar-refractivity contribution in [2.75, 3.05) is 6.61 Å². The Morgan fingerprint density at radius 3 is 2.62 bits per heavy atom. The van der Waals surface area contributed by atoms with Gasteiger partial charge < -0.3 is 9.84 Å². The van der Waals surface area contributed by atoms with Gasteiger partial charge in [0.1, 0.15) is 11.5 Å². The maximum atomic E-state index is 9.52. The van der Waals surface area contributed by atoms with Crippen molar-refractivity contribution in [3.05, 3.63) is 23.8 Å². The van der Waals surface area contributed by atoms with Gasteiger partial charge in [-0.1, -0.05) is 13.8 Å². The maximum Gasteiger partial charge on any atom is 0.119 e. The lowest BCUT2D eigenvalue weighted by Crippen LogP contribution is -1.94. The van der Waals surface area contributed by atoms with Crippen molar-refractivity contribution in [1.82, 2.24) is 0 Å². The van der Waals surface area contributed by atoms with Crippen LogP contribution in [-0.4, -0.2) is 11.7 Å². The quantitative estimate of drug-likeness (QED) is 0.775. The van der Waals surface area contributed by atoms with Crippen LogP contribution in [0.15, 0.2) is 18.2 Å². The molecular formula is C11H16O2. The van der Waals surface area contributed by atoms with Crippen molar-refractivity contribution in [3.8, 4) is 11.5 Å². The molecular weight excluding hydrogens is 164 g/mol. The van der Waals surface area contributed by atoms with Crippen LogP contribution in [0.3, 0.4) is 0 Å². The first-order valence-corrected chi connectivity index (χ1v) is 4.60. The molecule has 0 saturated heterocycles. The minimum Gasteiger partial charge on any atom is -0.508 e. The standard InChI is InChI=1S/C11H16O2/c1-4-13-9-5-6-11(12)10(7-9)8(2)3/h5-8,12H,4H2,1-3H3. The van der Waals surface area contributed by atoms with Gasteiger partial charge in [-0.15, -0.1) is 0 Å². The fraction of sp³-hybridized carbons (Fsp3) is 0.455. The molecule has 0 bridgehead atoms. The minimum atomic E-state index is 0.320. The van der Waals surface area contributed by atoms with Gasteiger partial charge in [0.15, 0.2) is 0 Å². The summed E-state index contributed by atoms with van der Waals surface area (Å²) in [4.78, 5) is 0. The van der Waals surface area contributed by atoms with Gasteiger partial charge in [0.2, 0.25) is 0 Å². The number of benzene rings is 1. The molecule has 0 fully saturated rings. The van der Waals surface area contributed by atoms with Crippen LogP contribution in [0.1, 0.15) is 32.3 Å². The average molecular weight is 180 g/mol. The first-order chi connectivity index (χ1) is 6.15. The summed E-state index contributed by atoms with van der Waals surface area (Å²) in [6.07, 6.45) is 0. The third-order valence-corrected chi connectivity index (χ3v) is 1.93. The van der Waals surface area contributed by atoms with E-state index in [1.165, 1.54) is 0 Å². The van der Waals surface area contributed by atoms with Crippen LogP contribution in [0.2, 0.25) is 0 Å². The number of phenols is 1. The fourth-order valence-corrected chi connectivity index (χ4v) is 1.25. The zero-order valence-electron chi connectivity index (χ0n) is 8.37. The molecule has 0 atom stereocenters. The van der Waals surface area contributed by atoms with Gasteiger partial charge in [-0.05, 0) is 31.0 Å². The highest BCUT2D eigenvalue weighted by Gasteiger charge is 2.06. The zero-order chi connectivity index (χ0) is 9.84. The highest BCUT2D eigenvalue weighted by atomic mass is 16.5. The van der Waals surface area contributed by atoms with E-state index in [0.29, 0.717) is 18.3 Å². The van der Waals surface area contributed by atoms with Gasteiger partial charge in [0, 0.05) is 5.56 Å². The SMILES string of the molecule is CCOc1ccc(O)c(C(C)C)c1. The molecule has 1 N–H and O–H groups in total. The topological polar surface area (TPSA) is 29.5 Å². The van der Waals surface area contributed by atoms with E-state index in [-0.39, 0.29) is 0 Å². The summed E-state index contributed by atoms with van der Waals surface area (Å²) in [6.45, 7) is 6.69. The lowest BCUT2D eigenvalue weighted by molar-refractivity contribution is 0.338. The minimum absolute atomic E-state index is 0.320. The second-order valence-corrected chi connectivity index (χ2v) is 3.31. The molecule has 0 saturated carbocycles. The third-order valence-electron chi connectivity index (χ3n) is 1.93. The normalized spacial score (nSPS) is 10.5. The molecule has 0 unspecified atom stereocenters. The molecule has 0 amide bonds. The summed E-state index contributed by atoms with van der Waals surface area (Å²) in [5, 5.41) is 9.52. The Balaban J connectivity index is 2.97. The molecule has 0 spiro atoms. The van der Waals surface area contributed by atoms with E-state index >= 15 is 0 Å². The Kier molecular flexibility index (Phi) is 3.18. The summed E-state index contributed by atoms with van der Waals surface area (Å²) < 4.78 is 5.34. The van der Waals surface area contributed by atoms with E-state index in [0.717, 1.165) is 11.3 Å². The van der Waals surface area contributed by atoms with Crippen molar-refractivity contribution in [2.24, 2.45) is 0 Å². The van der Waals surface area contributed by atoms with Crippen molar-refractivity contribution in [3.63, 3.8) is 0 Å². The Labute approximate surface area is 79.2 Å². The predicted octanol–water partition coefficient (Wildman–Crippen LogP) is 2.91.